The van der Waals surface area contributed by atoms with E-state index in [4.69, 9.17) is 0 Å². The summed E-state index contributed by atoms with van der Waals surface area (Å²) in [5, 5.41) is 14.3. The topological polar surface area (TPSA) is 58.4 Å². The Labute approximate surface area is 134 Å². The number of hydrogen-bond donors (Lipinski definition) is 1. The molecule has 0 radical (unpaired) electrons. The monoisotopic (exact) mass is 355 g/mol. The summed E-state index contributed by atoms with van der Waals surface area (Å²) in [6, 6.07) is 5.46. The largest absolute Gasteiger partial charge is 0.309 e. The molecule has 116 valence electrons. The summed E-state index contributed by atoms with van der Waals surface area (Å²) in [6.45, 7) is 6.23. The zero-order valence-electron chi connectivity index (χ0n) is 12.3. The normalized spacial score (nSPS) is 17.6. The van der Waals surface area contributed by atoms with Gasteiger partial charge < -0.3 is 10.2 Å². The van der Waals surface area contributed by atoms with Crippen LogP contribution in [-0.4, -0.2) is 35.5 Å². The van der Waals surface area contributed by atoms with Crippen LogP contribution in [0.25, 0.3) is 0 Å². The molecule has 5 nitrogen and oxygen atoms in total. The van der Waals surface area contributed by atoms with Gasteiger partial charge in [0, 0.05) is 35.7 Å². The summed E-state index contributed by atoms with van der Waals surface area (Å²) in [5.74, 6) is 0. The second-order valence-corrected chi connectivity index (χ2v) is 6.63. The molecule has 1 aromatic rings. The van der Waals surface area contributed by atoms with E-state index >= 15 is 0 Å². The lowest BCUT2D eigenvalue weighted by Gasteiger charge is -2.29. The van der Waals surface area contributed by atoms with E-state index in [0.29, 0.717) is 12.6 Å². The highest BCUT2D eigenvalue weighted by Crippen LogP contribution is 2.21. The molecule has 1 aliphatic heterocycles. The van der Waals surface area contributed by atoms with Crippen molar-refractivity contribution in [1.82, 2.24) is 10.2 Å². The molecule has 1 aromatic carbocycles. The number of non-ortho nitro benzene ring substituents is 1. The van der Waals surface area contributed by atoms with Crippen LogP contribution in [-0.2, 0) is 6.54 Å². The third-order valence-corrected chi connectivity index (χ3v) is 4.25. The Morgan fingerprint density at radius 3 is 2.71 bits per heavy atom. The molecule has 0 aromatic heterocycles. The predicted molar refractivity (Wildman–Crippen MR) is 87.4 cm³/mol. The maximum Gasteiger partial charge on any atom is 0.270 e. The molecular formula is C15H22BrN3O2. The van der Waals surface area contributed by atoms with E-state index in [-0.39, 0.29) is 10.6 Å². The fraction of sp³-hybridized carbons (Fsp3) is 0.600. The third-order valence-electron chi connectivity index (χ3n) is 3.79. The van der Waals surface area contributed by atoms with Gasteiger partial charge in [0.1, 0.15) is 0 Å². The number of nitro benzene ring substituents is 1. The number of piperidine rings is 1. The zero-order chi connectivity index (χ0) is 15.2. The van der Waals surface area contributed by atoms with Gasteiger partial charge in [-0.05, 0) is 44.5 Å². The molecule has 1 heterocycles. The minimum atomic E-state index is -0.356. The number of nitrogens with zero attached hydrogens (tertiary/aromatic N) is 2. The number of hydrogen-bond acceptors (Lipinski definition) is 4. The number of benzene rings is 1. The Morgan fingerprint density at radius 1 is 1.33 bits per heavy atom. The molecule has 0 saturated carbocycles. The van der Waals surface area contributed by atoms with Crippen molar-refractivity contribution in [1.29, 1.82) is 0 Å². The van der Waals surface area contributed by atoms with Gasteiger partial charge in [0.2, 0.25) is 0 Å². The fourth-order valence-corrected chi connectivity index (χ4v) is 3.26. The van der Waals surface area contributed by atoms with E-state index in [9.17, 15) is 10.1 Å². The van der Waals surface area contributed by atoms with Crippen LogP contribution < -0.4 is 5.32 Å². The highest BCUT2D eigenvalue weighted by Gasteiger charge is 2.14. The summed E-state index contributed by atoms with van der Waals surface area (Å²) in [4.78, 5) is 13.0. The molecule has 6 heteroatoms. The van der Waals surface area contributed by atoms with Gasteiger partial charge in [0.15, 0.2) is 0 Å². The average molecular weight is 356 g/mol. The summed E-state index contributed by atoms with van der Waals surface area (Å²) in [6.07, 6.45) is 3.94. The zero-order valence-corrected chi connectivity index (χ0v) is 13.9. The van der Waals surface area contributed by atoms with Crippen molar-refractivity contribution < 1.29 is 4.92 Å². The van der Waals surface area contributed by atoms with Crippen molar-refractivity contribution in [2.24, 2.45) is 0 Å². The molecule has 0 bridgehead atoms. The standard InChI is InChI=1S/C15H22BrN3O2/c1-12(11-18-5-3-2-4-6-18)17-10-13-7-14(16)9-15(8-13)19(20)21/h7-9,12,17H,2-6,10-11H2,1H3. The van der Waals surface area contributed by atoms with Crippen LogP contribution in [0.4, 0.5) is 5.69 Å². The van der Waals surface area contributed by atoms with Crippen molar-refractivity contribution in [2.45, 2.75) is 38.8 Å². The van der Waals surface area contributed by atoms with E-state index in [2.05, 4.69) is 33.1 Å². The van der Waals surface area contributed by atoms with Gasteiger partial charge in [-0.3, -0.25) is 10.1 Å². The summed E-state index contributed by atoms with van der Waals surface area (Å²) in [5.41, 5.74) is 1.06. The second kappa shape index (κ2) is 7.87. The number of rotatable bonds is 6. The van der Waals surface area contributed by atoms with E-state index < -0.39 is 0 Å². The van der Waals surface area contributed by atoms with Crippen molar-refractivity contribution in [3.63, 3.8) is 0 Å². The van der Waals surface area contributed by atoms with Crippen LogP contribution >= 0.6 is 15.9 Å². The quantitative estimate of drug-likeness (QED) is 0.628. The van der Waals surface area contributed by atoms with Gasteiger partial charge in [-0.15, -0.1) is 0 Å². The highest BCUT2D eigenvalue weighted by atomic mass is 79.9. The van der Waals surface area contributed by atoms with Crippen molar-refractivity contribution in [3.8, 4) is 0 Å². The number of likely N-dealkylation sites (tertiary alicyclic amines) is 1. The second-order valence-electron chi connectivity index (χ2n) is 5.72. The highest BCUT2D eigenvalue weighted by molar-refractivity contribution is 9.10. The SMILES string of the molecule is CC(CN1CCCCC1)NCc1cc(Br)cc([N+](=O)[O-])c1. The maximum atomic E-state index is 10.9. The van der Waals surface area contributed by atoms with Crippen LogP contribution in [0.2, 0.25) is 0 Å². The van der Waals surface area contributed by atoms with Gasteiger partial charge in [0.25, 0.3) is 5.69 Å². The predicted octanol–water partition coefficient (Wildman–Crippen LogP) is 3.32. The van der Waals surface area contributed by atoms with Crippen molar-refractivity contribution >= 4 is 21.6 Å². The molecule has 2 rings (SSSR count). The minimum absolute atomic E-state index is 0.129. The Morgan fingerprint density at radius 2 is 2.05 bits per heavy atom. The molecule has 0 amide bonds. The van der Waals surface area contributed by atoms with Crippen LogP contribution in [0.1, 0.15) is 31.7 Å². The Bertz CT molecular complexity index is 490. The van der Waals surface area contributed by atoms with Gasteiger partial charge in [-0.2, -0.15) is 0 Å². The van der Waals surface area contributed by atoms with Crippen LogP contribution in [0.3, 0.4) is 0 Å². The molecule has 1 atom stereocenters. The van der Waals surface area contributed by atoms with Crippen LogP contribution in [0.5, 0.6) is 0 Å². The van der Waals surface area contributed by atoms with E-state index in [1.165, 1.54) is 38.4 Å². The van der Waals surface area contributed by atoms with Crippen LogP contribution in [0, 0.1) is 10.1 Å². The van der Waals surface area contributed by atoms with Gasteiger partial charge in [-0.1, -0.05) is 22.4 Å². The van der Waals surface area contributed by atoms with E-state index in [0.717, 1.165) is 16.6 Å². The molecule has 0 aliphatic carbocycles. The van der Waals surface area contributed by atoms with Crippen molar-refractivity contribution in [3.05, 3.63) is 38.3 Å². The first-order chi connectivity index (χ1) is 10.0. The molecule has 0 spiro atoms. The summed E-state index contributed by atoms with van der Waals surface area (Å²) < 4.78 is 0.747. The molecule has 1 unspecified atom stereocenters. The first-order valence-electron chi connectivity index (χ1n) is 7.44. The molecular weight excluding hydrogens is 334 g/mol. The average Bonchev–Trinajstić information content (AvgIpc) is 2.45. The molecule has 1 aliphatic rings. The fourth-order valence-electron chi connectivity index (χ4n) is 2.73. The van der Waals surface area contributed by atoms with Gasteiger partial charge in [-0.25, -0.2) is 0 Å². The lowest BCUT2D eigenvalue weighted by Crippen LogP contribution is -2.41. The molecule has 1 N–H and O–H groups in total. The minimum Gasteiger partial charge on any atom is -0.309 e. The lowest BCUT2D eigenvalue weighted by atomic mass is 10.1. The van der Waals surface area contributed by atoms with Crippen LogP contribution in [0.15, 0.2) is 22.7 Å². The third kappa shape index (κ3) is 5.37. The Balaban J connectivity index is 1.85. The first-order valence-corrected chi connectivity index (χ1v) is 8.23. The number of nitrogens with one attached hydrogen (secondary N) is 1. The smallest absolute Gasteiger partial charge is 0.270 e. The van der Waals surface area contributed by atoms with Gasteiger partial charge in [0.05, 0.1) is 4.92 Å². The molecule has 21 heavy (non-hydrogen) atoms. The molecule has 1 saturated heterocycles. The first kappa shape index (κ1) is 16.4. The summed E-state index contributed by atoms with van der Waals surface area (Å²) in [7, 11) is 0. The Hall–Kier alpha value is -0.980. The van der Waals surface area contributed by atoms with Crippen molar-refractivity contribution in [2.75, 3.05) is 19.6 Å². The lowest BCUT2D eigenvalue weighted by molar-refractivity contribution is -0.385. The maximum absolute atomic E-state index is 10.9. The molecule has 1 fully saturated rings. The summed E-state index contributed by atoms with van der Waals surface area (Å²) >= 11 is 3.33. The Kier molecular flexibility index (Phi) is 6.14. The van der Waals surface area contributed by atoms with E-state index in [1.54, 1.807) is 6.07 Å². The number of nitro groups is 1. The number of halogens is 1. The van der Waals surface area contributed by atoms with E-state index in [1.807, 2.05) is 6.07 Å². The van der Waals surface area contributed by atoms with Gasteiger partial charge >= 0.3 is 0 Å².